The Balaban J connectivity index is 2.32. The molecule has 1 aliphatic heterocycles. The van der Waals surface area contributed by atoms with Crippen LogP contribution in [-0.2, 0) is 6.54 Å². The van der Waals surface area contributed by atoms with Gasteiger partial charge in [0.05, 0.1) is 18.0 Å². The first-order valence-electron chi connectivity index (χ1n) is 5.18. The summed E-state index contributed by atoms with van der Waals surface area (Å²) in [4.78, 5) is 0. The van der Waals surface area contributed by atoms with Crippen LogP contribution in [0.3, 0.4) is 0 Å². The van der Waals surface area contributed by atoms with Crippen LogP contribution >= 0.6 is 0 Å². The van der Waals surface area contributed by atoms with Crippen molar-refractivity contribution in [2.75, 3.05) is 6.54 Å². The third-order valence-corrected chi connectivity index (χ3v) is 3.05. The van der Waals surface area contributed by atoms with E-state index in [0.717, 1.165) is 18.7 Å². The second-order valence-corrected chi connectivity index (χ2v) is 4.07. The van der Waals surface area contributed by atoms with Crippen molar-refractivity contribution in [2.45, 2.75) is 19.4 Å². The second kappa shape index (κ2) is 2.85. The van der Waals surface area contributed by atoms with Gasteiger partial charge in [0.1, 0.15) is 17.9 Å². The molecule has 2 nitrogen and oxygen atoms in total. The molecule has 1 aliphatic rings. The summed E-state index contributed by atoms with van der Waals surface area (Å²) in [6, 6.07) is 8.33. The summed E-state index contributed by atoms with van der Waals surface area (Å²) in [5.74, 6) is 1.75. The molecule has 2 heteroatoms. The third-order valence-electron chi connectivity index (χ3n) is 3.05. The molecule has 0 radical (unpaired) electrons. The predicted molar refractivity (Wildman–Crippen MR) is 55.1 cm³/mol. The van der Waals surface area contributed by atoms with E-state index in [0.29, 0.717) is 5.92 Å². The molecule has 1 atom stereocenters. The van der Waals surface area contributed by atoms with Crippen molar-refractivity contribution < 1.29 is 9.73 Å². The molecule has 2 aromatic rings. The van der Waals surface area contributed by atoms with Gasteiger partial charge >= 0.3 is 0 Å². The highest BCUT2D eigenvalue weighted by atomic mass is 16.3. The van der Waals surface area contributed by atoms with Crippen molar-refractivity contribution in [3.05, 3.63) is 35.6 Å². The highest BCUT2D eigenvalue weighted by molar-refractivity contribution is 5.82. The molecule has 2 heterocycles. The molecule has 0 saturated carbocycles. The summed E-state index contributed by atoms with van der Waals surface area (Å²) < 4.78 is 5.88. The maximum Gasteiger partial charge on any atom is 0.134 e. The Morgan fingerprint density at radius 1 is 1.36 bits per heavy atom. The Bertz CT molecular complexity index is 472. The van der Waals surface area contributed by atoms with Crippen LogP contribution in [0.15, 0.2) is 28.7 Å². The number of nitrogens with two attached hydrogens (primary N) is 1. The Kier molecular flexibility index (Phi) is 1.64. The van der Waals surface area contributed by atoms with Gasteiger partial charge in [-0.05, 0) is 13.0 Å². The van der Waals surface area contributed by atoms with Crippen molar-refractivity contribution in [1.82, 2.24) is 0 Å². The first-order valence-corrected chi connectivity index (χ1v) is 5.18. The predicted octanol–water partition coefficient (Wildman–Crippen LogP) is 1.61. The summed E-state index contributed by atoms with van der Waals surface area (Å²) in [5.41, 5.74) is 2.44. The van der Waals surface area contributed by atoms with Gasteiger partial charge in [0.25, 0.3) is 0 Å². The molecule has 0 aliphatic carbocycles. The van der Waals surface area contributed by atoms with E-state index >= 15 is 0 Å². The number of rotatable bonds is 0. The van der Waals surface area contributed by atoms with Gasteiger partial charge in [-0.1, -0.05) is 18.2 Å². The molecule has 0 spiro atoms. The number of para-hydroxylation sites is 1. The van der Waals surface area contributed by atoms with E-state index in [-0.39, 0.29) is 0 Å². The first kappa shape index (κ1) is 8.06. The Morgan fingerprint density at radius 3 is 3.14 bits per heavy atom. The molecule has 0 fully saturated rings. The summed E-state index contributed by atoms with van der Waals surface area (Å²) in [7, 11) is 0. The number of quaternary nitrogens is 1. The zero-order chi connectivity index (χ0) is 9.54. The lowest BCUT2D eigenvalue weighted by atomic mass is 9.99. The van der Waals surface area contributed by atoms with Crippen LogP contribution in [0.1, 0.15) is 24.2 Å². The molecular weight excluding hydrogens is 174 g/mol. The lowest BCUT2D eigenvalue weighted by Gasteiger charge is -2.14. The van der Waals surface area contributed by atoms with Gasteiger partial charge in [0, 0.05) is 5.39 Å². The third kappa shape index (κ3) is 1.01. The highest BCUT2D eigenvalue weighted by Gasteiger charge is 2.25. The van der Waals surface area contributed by atoms with Crippen molar-refractivity contribution in [3.63, 3.8) is 0 Å². The van der Waals surface area contributed by atoms with Crippen molar-refractivity contribution in [1.29, 1.82) is 0 Å². The van der Waals surface area contributed by atoms with Crippen molar-refractivity contribution in [2.24, 2.45) is 0 Å². The second-order valence-electron chi connectivity index (χ2n) is 4.07. The van der Waals surface area contributed by atoms with Crippen LogP contribution in [0.2, 0.25) is 0 Å². The molecular formula is C12H14NO+. The van der Waals surface area contributed by atoms with Crippen molar-refractivity contribution in [3.8, 4) is 0 Å². The summed E-state index contributed by atoms with van der Waals surface area (Å²) in [6.07, 6.45) is 0. The number of furan rings is 1. The Morgan fingerprint density at radius 2 is 2.21 bits per heavy atom. The van der Waals surface area contributed by atoms with Gasteiger partial charge in [-0.15, -0.1) is 0 Å². The van der Waals surface area contributed by atoms with E-state index in [1.165, 1.54) is 16.7 Å². The zero-order valence-corrected chi connectivity index (χ0v) is 8.29. The lowest BCUT2D eigenvalue weighted by molar-refractivity contribution is -0.676. The monoisotopic (exact) mass is 188 g/mol. The molecule has 0 unspecified atom stereocenters. The molecule has 14 heavy (non-hydrogen) atoms. The maximum absolute atomic E-state index is 5.88. The molecule has 2 N–H and O–H groups in total. The van der Waals surface area contributed by atoms with E-state index in [1.807, 2.05) is 6.07 Å². The summed E-state index contributed by atoms with van der Waals surface area (Å²) >= 11 is 0. The molecule has 3 rings (SSSR count). The Labute approximate surface area is 82.9 Å². The van der Waals surface area contributed by atoms with Crippen LogP contribution in [0, 0.1) is 0 Å². The van der Waals surface area contributed by atoms with Gasteiger partial charge < -0.3 is 9.73 Å². The number of fused-ring (bicyclic) bond motifs is 3. The number of hydrogen-bond donors (Lipinski definition) is 1. The van der Waals surface area contributed by atoms with Crippen molar-refractivity contribution >= 4 is 11.0 Å². The van der Waals surface area contributed by atoms with Crippen LogP contribution in [0.4, 0.5) is 0 Å². The standard InChI is InChI=1S/C12H13NO/c1-8-6-13-7-10-9-4-2-3-5-11(9)14-12(8)10/h2-5,8,13H,6-7H2,1H3/p+1/t8-/m1/s1. The minimum Gasteiger partial charge on any atom is -0.460 e. The van der Waals surface area contributed by atoms with E-state index in [4.69, 9.17) is 4.42 Å². The fourth-order valence-electron chi connectivity index (χ4n) is 2.31. The molecule has 0 bridgehead atoms. The van der Waals surface area contributed by atoms with Crippen LogP contribution in [-0.4, -0.2) is 6.54 Å². The fraction of sp³-hybridized carbons (Fsp3) is 0.333. The largest absolute Gasteiger partial charge is 0.460 e. The molecule has 72 valence electrons. The number of benzene rings is 1. The van der Waals surface area contributed by atoms with E-state index in [2.05, 4.69) is 30.4 Å². The van der Waals surface area contributed by atoms with Gasteiger partial charge in [-0.3, -0.25) is 0 Å². The minimum atomic E-state index is 0.547. The molecule has 1 aromatic heterocycles. The fourth-order valence-corrected chi connectivity index (χ4v) is 2.31. The first-order chi connectivity index (χ1) is 6.86. The van der Waals surface area contributed by atoms with Crippen LogP contribution in [0.5, 0.6) is 0 Å². The topological polar surface area (TPSA) is 29.8 Å². The minimum absolute atomic E-state index is 0.547. The van der Waals surface area contributed by atoms with E-state index in [1.54, 1.807) is 0 Å². The maximum atomic E-state index is 5.88. The van der Waals surface area contributed by atoms with Crippen LogP contribution < -0.4 is 5.32 Å². The quantitative estimate of drug-likeness (QED) is 0.668. The average Bonchev–Trinajstić information content (AvgIpc) is 2.59. The van der Waals surface area contributed by atoms with Gasteiger partial charge in [0.2, 0.25) is 0 Å². The average molecular weight is 188 g/mol. The SMILES string of the molecule is C[C@@H]1C[NH2+]Cc2c1oc1ccccc21. The Hall–Kier alpha value is -1.28. The lowest BCUT2D eigenvalue weighted by Crippen LogP contribution is -2.84. The van der Waals surface area contributed by atoms with E-state index < -0.39 is 0 Å². The van der Waals surface area contributed by atoms with Gasteiger partial charge in [-0.2, -0.15) is 0 Å². The van der Waals surface area contributed by atoms with Gasteiger partial charge in [0.15, 0.2) is 0 Å². The molecule has 0 saturated heterocycles. The number of hydrogen-bond acceptors (Lipinski definition) is 1. The molecule has 1 aromatic carbocycles. The smallest absolute Gasteiger partial charge is 0.134 e. The normalized spacial score (nSPS) is 21.1. The summed E-state index contributed by atoms with van der Waals surface area (Å²) in [6.45, 7) is 4.44. The zero-order valence-electron chi connectivity index (χ0n) is 8.29. The highest BCUT2D eigenvalue weighted by Crippen LogP contribution is 2.31. The van der Waals surface area contributed by atoms with E-state index in [9.17, 15) is 0 Å². The molecule has 0 amide bonds. The summed E-state index contributed by atoms with van der Waals surface area (Å²) in [5, 5.41) is 3.65. The van der Waals surface area contributed by atoms with Crippen LogP contribution in [0.25, 0.3) is 11.0 Å². The van der Waals surface area contributed by atoms with Gasteiger partial charge in [-0.25, -0.2) is 0 Å².